The van der Waals surface area contributed by atoms with E-state index in [2.05, 4.69) is 17.4 Å². The lowest BCUT2D eigenvalue weighted by molar-refractivity contribution is -0.145. The highest BCUT2D eigenvalue weighted by Crippen LogP contribution is 2.25. The summed E-state index contributed by atoms with van der Waals surface area (Å²) in [5.74, 6) is -0.0545. The number of amides is 1. The molecule has 1 aromatic rings. The van der Waals surface area contributed by atoms with E-state index in [1.807, 2.05) is 11.8 Å². The number of carbonyl (C=O) groups is 2. The summed E-state index contributed by atoms with van der Waals surface area (Å²) in [6.45, 7) is 7.04. The Morgan fingerprint density at radius 3 is 2.83 bits per heavy atom. The number of nitrogens with one attached hydrogen (secondary N) is 1. The van der Waals surface area contributed by atoms with Crippen molar-refractivity contribution in [2.24, 2.45) is 11.8 Å². The van der Waals surface area contributed by atoms with Crippen LogP contribution in [0.5, 0.6) is 0 Å². The zero-order valence-electron chi connectivity index (χ0n) is 14.6. The molecule has 134 valence electrons. The summed E-state index contributed by atoms with van der Waals surface area (Å²) in [6, 6.07) is 1.33. The van der Waals surface area contributed by atoms with Gasteiger partial charge in [0.1, 0.15) is 5.76 Å². The van der Waals surface area contributed by atoms with Crippen molar-refractivity contribution < 1.29 is 19.2 Å². The number of likely N-dealkylation sites (tertiary alicyclic amines) is 1. The fraction of sp³-hybridized carbons (Fsp3) is 0.706. The second kappa shape index (κ2) is 8.28. The Hall–Kier alpha value is -1.89. The first-order chi connectivity index (χ1) is 11.4. The van der Waals surface area contributed by atoms with Crippen LogP contribution in [0.3, 0.4) is 0 Å². The maximum absolute atomic E-state index is 12.7. The van der Waals surface area contributed by atoms with Gasteiger partial charge < -0.3 is 14.9 Å². The Balaban J connectivity index is 2.10. The van der Waals surface area contributed by atoms with Gasteiger partial charge in [0.2, 0.25) is 5.91 Å². The summed E-state index contributed by atoms with van der Waals surface area (Å²) in [5, 5.41) is 16.0. The minimum Gasteiger partial charge on any atom is -0.481 e. The third-order valence-corrected chi connectivity index (χ3v) is 4.49. The van der Waals surface area contributed by atoms with Crippen molar-refractivity contribution in [3.05, 3.63) is 11.8 Å². The van der Waals surface area contributed by atoms with Crippen LogP contribution in [0, 0.1) is 18.8 Å². The van der Waals surface area contributed by atoms with Crippen LogP contribution in [0.25, 0.3) is 0 Å². The molecule has 1 fully saturated rings. The molecule has 0 aromatic carbocycles. The molecule has 3 atom stereocenters. The number of unbranched alkanes of at least 4 members (excludes halogenated alkanes) is 1. The molecule has 2 rings (SSSR count). The van der Waals surface area contributed by atoms with Gasteiger partial charge in [-0.2, -0.15) is 0 Å². The van der Waals surface area contributed by atoms with Gasteiger partial charge in [0.15, 0.2) is 5.82 Å². The van der Waals surface area contributed by atoms with Gasteiger partial charge >= 0.3 is 5.97 Å². The van der Waals surface area contributed by atoms with Gasteiger partial charge in [-0.15, -0.1) is 0 Å². The first kappa shape index (κ1) is 18.4. The lowest BCUT2D eigenvalue weighted by Crippen LogP contribution is -2.52. The second-order valence-corrected chi connectivity index (χ2v) is 6.80. The van der Waals surface area contributed by atoms with E-state index in [0.717, 1.165) is 19.4 Å². The van der Waals surface area contributed by atoms with E-state index in [0.29, 0.717) is 31.0 Å². The van der Waals surface area contributed by atoms with E-state index >= 15 is 0 Å². The Bertz CT molecular complexity index is 572. The maximum Gasteiger partial charge on any atom is 0.307 e. The summed E-state index contributed by atoms with van der Waals surface area (Å²) in [4.78, 5) is 26.1. The van der Waals surface area contributed by atoms with Crippen LogP contribution in [0.1, 0.15) is 45.3 Å². The molecule has 0 bridgehead atoms. The maximum atomic E-state index is 12.7. The molecule has 1 saturated heterocycles. The highest BCUT2D eigenvalue weighted by Gasteiger charge is 2.35. The summed E-state index contributed by atoms with van der Waals surface area (Å²) < 4.78 is 4.98. The summed E-state index contributed by atoms with van der Waals surface area (Å²) >= 11 is 0. The van der Waals surface area contributed by atoms with Crippen molar-refractivity contribution in [1.82, 2.24) is 10.1 Å². The molecule has 1 aliphatic rings. The molecule has 3 unspecified atom stereocenters. The van der Waals surface area contributed by atoms with Crippen molar-refractivity contribution >= 4 is 17.7 Å². The molecule has 0 spiro atoms. The van der Waals surface area contributed by atoms with E-state index in [-0.39, 0.29) is 17.9 Å². The van der Waals surface area contributed by atoms with Gasteiger partial charge in [-0.05, 0) is 25.7 Å². The van der Waals surface area contributed by atoms with Crippen LogP contribution in [0.2, 0.25) is 0 Å². The van der Waals surface area contributed by atoms with E-state index in [4.69, 9.17) is 4.52 Å². The summed E-state index contributed by atoms with van der Waals surface area (Å²) in [7, 11) is 0. The second-order valence-electron chi connectivity index (χ2n) is 6.80. The molecule has 2 N–H and O–H groups in total. The molecule has 7 heteroatoms. The predicted octanol–water partition coefficient (Wildman–Crippen LogP) is 2.52. The molecular formula is C17H27N3O4. The zero-order valence-corrected chi connectivity index (χ0v) is 14.6. The number of piperidine rings is 1. The normalized spacial score (nSPS) is 23.0. The molecule has 1 amide bonds. The quantitative estimate of drug-likeness (QED) is 0.794. The van der Waals surface area contributed by atoms with Crippen LogP contribution < -0.4 is 5.32 Å². The molecular weight excluding hydrogens is 310 g/mol. The van der Waals surface area contributed by atoms with E-state index in [1.54, 1.807) is 13.0 Å². The first-order valence-electron chi connectivity index (χ1n) is 8.61. The highest BCUT2D eigenvalue weighted by atomic mass is 16.5. The van der Waals surface area contributed by atoms with Crippen LogP contribution in [0.15, 0.2) is 10.6 Å². The lowest BCUT2D eigenvalue weighted by Gasteiger charge is -2.39. The monoisotopic (exact) mass is 337 g/mol. The molecule has 1 aromatic heterocycles. The number of aryl methyl sites for hydroxylation is 1. The minimum atomic E-state index is -0.784. The molecule has 0 radical (unpaired) electrons. The van der Waals surface area contributed by atoms with Crippen molar-refractivity contribution in [2.45, 2.75) is 52.5 Å². The number of carboxylic acid groups (broad SMARTS) is 1. The Morgan fingerprint density at radius 1 is 1.50 bits per heavy atom. The number of carbonyl (C=O) groups excluding carboxylic acids is 1. The number of anilines is 1. The molecule has 1 aliphatic heterocycles. The fourth-order valence-electron chi connectivity index (χ4n) is 3.34. The molecule has 0 aliphatic carbocycles. The summed E-state index contributed by atoms with van der Waals surface area (Å²) in [5.41, 5.74) is 0. The van der Waals surface area contributed by atoms with E-state index in [9.17, 15) is 14.7 Å². The smallest absolute Gasteiger partial charge is 0.307 e. The van der Waals surface area contributed by atoms with Crippen LogP contribution in [-0.2, 0) is 9.59 Å². The third kappa shape index (κ3) is 4.80. The number of carboxylic acids is 1. The van der Waals surface area contributed by atoms with Gasteiger partial charge in [0, 0.05) is 19.2 Å². The van der Waals surface area contributed by atoms with Gasteiger partial charge in [-0.3, -0.25) is 14.5 Å². The number of hydrogen-bond donors (Lipinski definition) is 2. The van der Waals surface area contributed by atoms with Crippen molar-refractivity contribution in [2.75, 3.05) is 18.4 Å². The minimum absolute atomic E-state index is 0.144. The Kier molecular flexibility index (Phi) is 6.36. The van der Waals surface area contributed by atoms with Crippen molar-refractivity contribution in [1.29, 1.82) is 0 Å². The number of aliphatic carboxylic acids is 1. The number of aromatic nitrogens is 1. The highest BCUT2D eigenvalue weighted by molar-refractivity contribution is 5.94. The standard InChI is InChI=1S/C17H27N3O4/c1-4-5-6-14(16(21)18-15-8-12(3)24-19-15)20-9-11(2)7-13(10-20)17(22)23/h8,11,13-14H,4-7,9-10H2,1-3H3,(H,22,23)(H,18,19,21). The number of rotatable bonds is 7. The van der Waals surface area contributed by atoms with Crippen LogP contribution in [-0.4, -0.2) is 46.2 Å². The topological polar surface area (TPSA) is 95.7 Å². The predicted molar refractivity (Wildman–Crippen MR) is 89.7 cm³/mol. The number of nitrogens with zero attached hydrogens (tertiary/aromatic N) is 2. The largest absolute Gasteiger partial charge is 0.481 e. The van der Waals surface area contributed by atoms with Crippen molar-refractivity contribution in [3.63, 3.8) is 0 Å². The molecule has 24 heavy (non-hydrogen) atoms. The molecule has 0 saturated carbocycles. The molecule has 7 nitrogen and oxygen atoms in total. The van der Waals surface area contributed by atoms with Gasteiger partial charge in [-0.1, -0.05) is 31.8 Å². The SMILES string of the molecule is CCCCC(C(=O)Nc1cc(C)on1)N1CC(C)CC(C(=O)O)C1. The average Bonchev–Trinajstić information content (AvgIpc) is 2.92. The van der Waals surface area contributed by atoms with Gasteiger partial charge in [0.05, 0.1) is 12.0 Å². The first-order valence-corrected chi connectivity index (χ1v) is 8.61. The van der Waals surface area contributed by atoms with E-state index in [1.165, 1.54) is 0 Å². The molecule has 2 heterocycles. The number of hydrogen-bond acceptors (Lipinski definition) is 5. The lowest BCUT2D eigenvalue weighted by atomic mass is 9.88. The average molecular weight is 337 g/mol. The van der Waals surface area contributed by atoms with Crippen molar-refractivity contribution in [3.8, 4) is 0 Å². The van der Waals surface area contributed by atoms with E-state index < -0.39 is 11.9 Å². The van der Waals surface area contributed by atoms with Gasteiger partial charge in [-0.25, -0.2) is 0 Å². The Labute approximate surface area is 142 Å². The zero-order chi connectivity index (χ0) is 17.7. The van der Waals surface area contributed by atoms with Gasteiger partial charge in [0.25, 0.3) is 0 Å². The van der Waals surface area contributed by atoms with Crippen LogP contribution >= 0.6 is 0 Å². The third-order valence-electron chi connectivity index (χ3n) is 4.49. The van der Waals surface area contributed by atoms with Crippen LogP contribution in [0.4, 0.5) is 5.82 Å². The fourth-order valence-corrected chi connectivity index (χ4v) is 3.34. The summed E-state index contributed by atoms with van der Waals surface area (Å²) in [6.07, 6.45) is 3.27. The Morgan fingerprint density at radius 2 is 2.25 bits per heavy atom.